The molecule has 6 atom stereocenters. The van der Waals surface area contributed by atoms with Crippen molar-refractivity contribution in [2.75, 3.05) is 39.6 Å². The third-order valence-corrected chi connectivity index (χ3v) is 22.6. The first-order chi connectivity index (χ1) is 63.3. The van der Waals surface area contributed by atoms with Gasteiger partial charge in [0.1, 0.15) is 30.5 Å². The van der Waals surface area contributed by atoms with Crippen LogP contribution in [0.2, 0.25) is 20.1 Å². The summed E-state index contributed by atoms with van der Waals surface area (Å²) in [6.07, 6.45) is 4.79. The minimum Gasteiger partial charge on any atom is -0.462 e. The monoisotopic (exact) mass is 2140 g/mol. The molecule has 0 heterocycles. The topological polar surface area (TPSA) is 303 Å². The van der Waals surface area contributed by atoms with Gasteiger partial charge in [0, 0.05) is 76.7 Å². The van der Waals surface area contributed by atoms with E-state index in [0.29, 0.717) is 155 Å². The summed E-state index contributed by atoms with van der Waals surface area (Å²) < 4.78 is 56.8. The summed E-state index contributed by atoms with van der Waals surface area (Å²) in [7, 11) is 0. The van der Waals surface area contributed by atoms with Crippen LogP contribution in [0.4, 0.5) is 0 Å². The van der Waals surface area contributed by atoms with Crippen LogP contribution in [0, 0.1) is 13.8 Å². The molecule has 132 heavy (non-hydrogen) atoms. The Labute approximate surface area is 824 Å². The van der Waals surface area contributed by atoms with E-state index in [1.165, 1.54) is 0 Å². The van der Waals surface area contributed by atoms with Crippen LogP contribution in [0.25, 0.3) is 0 Å². The Kier molecular flexibility index (Phi) is 53.8. The molecule has 0 spiro atoms. The highest BCUT2D eigenvalue weighted by molar-refractivity contribution is 9.11. The molecule has 30 heteroatoms. The third kappa shape index (κ3) is 43.7. The number of rotatable bonds is 38. The van der Waals surface area contributed by atoms with E-state index in [4.69, 9.17) is 104 Å². The van der Waals surface area contributed by atoms with E-state index < -0.39 is 35.8 Å². The first kappa shape index (κ1) is 112. The molecule has 10 aromatic rings. The van der Waals surface area contributed by atoms with Gasteiger partial charge in [-0.2, -0.15) is 0 Å². The fourth-order valence-electron chi connectivity index (χ4n) is 11.2. The molecular weight excluding hydrogens is 2040 g/mol. The van der Waals surface area contributed by atoms with Gasteiger partial charge in [-0.05, 0) is 273 Å². The predicted octanol–water partition coefficient (Wildman–Crippen LogP) is 25.8. The quantitative estimate of drug-likeness (QED) is 0.0268. The lowest BCUT2D eigenvalue weighted by Gasteiger charge is -2.17. The van der Waals surface area contributed by atoms with Crippen LogP contribution >= 0.6 is 110 Å². The SMILES string of the molecule is CCC(CCOC(=O)c1ccc(Br)cc1)OC(=O)c1ccc(Br)cc1.CCC(CCOC(=O)c1ccc(C)cc1)OC(=O)c1ccc(C)cc1.CCC(CCOC(=O)c1ccc(Cl)cc1)OC(=O)c1ccc(Cl)cc1.CCC(CCOC(=O)c1cccc(Cl)c1)OC(=O)c1cccc(Cl)c1.CCC(CCOC(=O)c1ccccc1Br)OC(=O)c1ccccc1Br.CCC(O)CCO. The van der Waals surface area contributed by atoms with Crippen LogP contribution in [-0.4, -0.2) is 146 Å². The summed E-state index contributed by atoms with van der Waals surface area (Å²) in [6.45, 7) is 16.4. The summed E-state index contributed by atoms with van der Waals surface area (Å²) in [6, 6.07) is 68.6. The van der Waals surface area contributed by atoms with Gasteiger partial charge in [0.05, 0.1) is 94.8 Å². The molecule has 0 aliphatic carbocycles. The van der Waals surface area contributed by atoms with E-state index in [1.807, 2.05) is 91.8 Å². The van der Waals surface area contributed by atoms with E-state index in [0.717, 1.165) is 26.5 Å². The van der Waals surface area contributed by atoms with Gasteiger partial charge >= 0.3 is 59.7 Å². The molecule has 10 rings (SSSR count). The number of benzene rings is 10. The van der Waals surface area contributed by atoms with Crippen molar-refractivity contribution >= 4 is 170 Å². The largest absolute Gasteiger partial charge is 0.462 e. The smallest absolute Gasteiger partial charge is 0.339 e. The Morgan fingerprint density at radius 2 is 0.523 bits per heavy atom. The van der Waals surface area contributed by atoms with E-state index in [9.17, 15) is 47.9 Å². The van der Waals surface area contributed by atoms with Gasteiger partial charge in [0.25, 0.3) is 0 Å². The summed E-state index contributed by atoms with van der Waals surface area (Å²) >= 11 is 36.6. The number of aliphatic hydroxyl groups is 2. The maximum atomic E-state index is 12.2. The molecule has 0 aliphatic heterocycles. The second-order valence-corrected chi connectivity index (χ2v) is 34.4. The molecule has 0 aromatic heterocycles. The zero-order chi connectivity index (χ0) is 96.9. The zero-order valence-electron chi connectivity index (χ0n) is 74.4. The lowest BCUT2D eigenvalue weighted by molar-refractivity contribution is 0.0160. The number of aryl methyl sites for hydroxylation is 2. The van der Waals surface area contributed by atoms with E-state index in [-0.39, 0.29) is 100 Å². The van der Waals surface area contributed by atoms with Crippen LogP contribution in [0.5, 0.6) is 0 Å². The summed E-state index contributed by atoms with van der Waals surface area (Å²) in [5, 5.41) is 19.0. The Bertz CT molecular complexity index is 4920. The van der Waals surface area contributed by atoms with Crippen molar-refractivity contribution in [3.8, 4) is 0 Å². The maximum Gasteiger partial charge on any atom is 0.339 e. The van der Waals surface area contributed by atoms with Gasteiger partial charge in [-0.15, -0.1) is 0 Å². The second kappa shape index (κ2) is 63.1. The van der Waals surface area contributed by atoms with Gasteiger partial charge in [0.2, 0.25) is 0 Å². The molecule has 22 nitrogen and oxygen atoms in total. The lowest BCUT2D eigenvalue weighted by Crippen LogP contribution is -2.20. The Morgan fingerprint density at radius 1 is 0.273 bits per heavy atom. The number of carbonyl (C=O) groups is 10. The average molecular weight is 2150 g/mol. The zero-order valence-corrected chi connectivity index (χ0v) is 83.7. The van der Waals surface area contributed by atoms with Crippen LogP contribution in [-0.2, 0) is 47.4 Å². The standard InChI is InChI=1S/C21H24O4.2C19H18Br2O4.2C19H18Cl2O4.C5H12O2/c1-4-19(25-21(23)18-11-7-16(3)8-12-18)13-14-24-20(22)17-9-5-15(2)6-10-17;1-2-17(25-19(23)14-5-9-16(21)10-6-14)11-12-24-18(22)13-3-7-15(20)8-4-13;1-2-13(25-19(23)15-8-4-6-10-17(15)21)11-12-24-18(22)14-7-3-5-9-16(14)20;1-2-17(25-19(23)14-5-9-16(21)10-6-14)11-12-24-18(22)13-3-7-15(20)8-4-13;1-2-17(25-19(23)14-6-4-8-16(21)12-14)9-10-24-18(22)13-5-3-7-15(20)11-13;1-2-5(7)3-4-6/h5-12,19H,4,13-14H2,1-3H3;3-10,17H,2,11-12H2,1H3;3-10,13H,2,11-12H2,1H3;3-10,17H,2,11-12H2,1H3;3-8,11-12,17H,2,9-10H2,1H3;5-7H,2-4H2,1H3. The van der Waals surface area contributed by atoms with Crippen LogP contribution in [0.3, 0.4) is 0 Å². The van der Waals surface area contributed by atoms with Crippen LogP contribution < -0.4 is 0 Å². The van der Waals surface area contributed by atoms with Gasteiger partial charge in [-0.25, -0.2) is 47.9 Å². The van der Waals surface area contributed by atoms with Gasteiger partial charge in [-0.1, -0.05) is 192 Å². The average Bonchev–Trinajstić information content (AvgIpc) is 0.874. The summed E-state index contributed by atoms with van der Waals surface area (Å²) in [5.74, 6) is -4.04. The molecule has 704 valence electrons. The number of hydrogen-bond acceptors (Lipinski definition) is 22. The maximum absolute atomic E-state index is 12.2. The van der Waals surface area contributed by atoms with Crippen LogP contribution in [0.15, 0.2) is 261 Å². The van der Waals surface area contributed by atoms with Gasteiger partial charge < -0.3 is 57.6 Å². The molecule has 0 bridgehead atoms. The molecule has 2 N–H and O–H groups in total. The van der Waals surface area contributed by atoms with Crippen molar-refractivity contribution < 1.29 is 106 Å². The normalized spacial score (nSPS) is 11.8. The van der Waals surface area contributed by atoms with Crippen molar-refractivity contribution in [1.29, 1.82) is 0 Å². The molecule has 6 unspecified atom stereocenters. The van der Waals surface area contributed by atoms with E-state index in [1.54, 1.807) is 206 Å². The summed E-state index contributed by atoms with van der Waals surface area (Å²) in [4.78, 5) is 121. The molecular formula is C102H108Br4Cl4O22. The minimum atomic E-state index is -0.460. The van der Waals surface area contributed by atoms with Crippen molar-refractivity contribution in [3.05, 3.63) is 347 Å². The Balaban J connectivity index is 0.000000286. The van der Waals surface area contributed by atoms with Crippen LogP contribution in [0.1, 0.15) is 233 Å². The van der Waals surface area contributed by atoms with Crippen molar-refractivity contribution in [3.63, 3.8) is 0 Å². The molecule has 0 fully saturated rings. The van der Waals surface area contributed by atoms with Gasteiger partial charge in [-0.3, -0.25) is 0 Å². The van der Waals surface area contributed by atoms with Crippen molar-refractivity contribution in [2.24, 2.45) is 0 Å². The Morgan fingerprint density at radius 3 is 0.803 bits per heavy atom. The molecule has 0 saturated carbocycles. The number of aliphatic hydroxyl groups excluding tert-OH is 2. The van der Waals surface area contributed by atoms with Gasteiger partial charge in [0.15, 0.2) is 0 Å². The highest BCUT2D eigenvalue weighted by Crippen LogP contribution is 2.25. The predicted molar refractivity (Wildman–Crippen MR) is 525 cm³/mol. The number of carbonyl (C=O) groups excluding carboxylic acids is 10. The van der Waals surface area contributed by atoms with E-state index >= 15 is 0 Å². The number of hydrogen-bond donors (Lipinski definition) is 2. The number of ether oxygens (including phenoxy) is 10. The molecule has 0 aliphatic rings. The minimum absolute atomic E-state index is 0.0923. The Hall–Kier alpha value is -10.1. The third-order valence-electron chi connectivity index (χ3n) is 19.1. The molecule has 0 radical (unpaired) electrons. The molecule has 0 saturated heterocycles. The first-order valence-electron chi connectivity index (χ1n) is 42.7. The number of halogens is 8. The highest BCUT2D eigenvalue weighted by atomic mass is 79.9. The fourth-order valence-corrected chi connectivity index (χ4v) is 13.3. The summed E-state index contributed by atoms with van der Waals surface area (Å²) in [5.41, 5.74) is 6.80. The van der Waals surface area contributed by atoms with Crippen molar-refractivity contribution in [2.45, 2.75) is 169 Å². The first-order valence-corrected chi connectivity index (χ1v) is 47.3. The molecule has 10 aromatic carbocycles. The highest BCUT2D eigenvalue weighted by Gasteiger charge is 2.24. The van der Waals surface area contributed by atoms with Crippen molar-refractivity contribution in [1.82, 2.24) is 0 Å². The fraction of sp³-hybridized carbons (Fsp3) is 0.314. The number of esters is 10. The second-order valence-electron chi connectivity index (χ2n) is 29.1. The van der Waals surface area contributed by atoms with E-state index in [2.05, 4.69) is 63.7 Å². The molecule has 0 amide bonds. The lowest BCUT2D eigenvalue weighted by atomic mass is 10.1.